The Hall–Kier alpha value is -0.860. The zero-order chi connectivity index (χ0) is 8.55. The Kier molecular flexibility index (Phi) is 1.87. The van der Waals surface area contributed by atoms with Crippen molar-refractivity contribution in [1.82, 2.24) is 0 Å². The van der Waals surface area contributed by atoms with Gasteiger partial charge in [-0.2, -0.15) is 0 Å². The van der Waals surface area contributed by atoms with Crippen LogP contribution in [0.3, 0.4) is 0 Å². The molecule has 1 aromatic heterocycles. The summed E-state index contributed by atoms with van der Waals surface area (Å²) in [5.41, 5.74) is 0. The predicted octanol–water partition coefficient (Wildman–Crippen LogP) is 3.37. The monoisotopic (exact) mass is 196 g/mol. The molecular formula is C9H5ClOS. The van der Waals surface area contributed by atoms with Gasteiger partial charge in [0.1, 0.15) is 0 Å². The van der Waals surface area contributed by atoms with Gasteiger partial charge in [-0.05, 0) is 17.5 Å². The lowest BCUT2D eigenvalue weighted by Crippen LogP contribution is -1.63. The highest BCUT2D eigenvalue weighted by Gasteiger charge is 2.02. The molecule has 12 heavy (non-hydrogen) atoms. The maximum atomic E-state index is 10.5. The van der Waals surface area contributed by atoms with Crippen LogP contribution in [0.2, 0.25) is 5.02 Å². The van der Waals surface area contributed by atoms with Crippen molar-refractivity contribution >= 4 is 39.3 Å². The summed E-state index contributed by atoms with van der Waals surface area (Å²) in [4.78, 5) is 11.2. The molecule has 0 spiro atoms. The topological polar surface area (TPSA) is 17.1 Å². The second-order valence-electron chi connectivity index (χ2n) is 2.42. The second kappa shape index (κ2) is 2.88. The van der Waals surface area contributed by atoms with Crippen LogP contribution in [-0.4, -0.2) is 6.29 Å². The van der Waals surface area contributed by atoms with Crippen LogP contribution in [0.25, 0.3) is 10.1 Å². The summed E-state index contributed by atoms with van der Waals surface area (Å²) in [5, 5.41) is 1.75. The van der Waals surface area contributed by atoms with Crippen molar-refractivity contribution < 1.29 is 4.79 Å². The van der Waals surface area contributed by atoms with Gasteiger partial charge in [-0.1, -0.05) is 23.7 Å². The molecule has 0 aliphatic carbocycles. The molecular weight excluding hydrogens is 192 g/mol. The molecule has 0 N–H and O–H groups in total. The lowest BCUT2D eigenvalue weighted by atomic mass is 10.2. The van der Waals surface area contributed by atoms with Crippen LogP contribution in [0.1, 0.15) is 9.67 Å². The van der Waals surface area contributed by atoms with Gasteiger partial charge in [-0.25, -0.2) is 0 Å². The summed E-state index contributed by atoms with van der Waals surface area (Å²) in [6.07, 6.45) is 0.848. The van der Waals surface area contributed by atoms with E-state index in [-0.39, 0.29) is 0 Å². The summed E-state index contributed by atoms with van der Waals surface area (Å²) >= 11 is 7.35. The van der Waals surface area contributed by atoms with Crippen LogP contribution in [-0.2, 0) is 0 Å². The normalized spacial score (nSPS) is 10.4. The van der Waals surface area contributed by atoms with Crippen LogP contribution in [0.15, 0.2) is 24.3 Å². The smallest absolute Gasteiger partial charge is 0.160 e. The van der Waals surface area contributed by atoms with Gasteiger partial charge in [-0.3, -0.25) is 4.79 Å². The van der Waals surface area contributed by atoms with Gasteiger partial charge in [0, 0.05) is 0 Å². The van der Waals surface area contributed by atoms with E-state index in [1.54, 1.807) is 0 Å². The summed E-state index contributed by atoms with van der Waals surface area (Å²) in [5.74, 6) is 0. The quantitative estimate of drug-likeness (QED) is 0.640. The van der Waals surface area contributed by atoms with Crippen molar-refractivity contribution in [2.24, 2.45) is 0 Å². The number of fused-ring (bicyclic) bond motifs is 1. The van der Waals surface area contributed by atoms with Gasteiger partial charge in [-0.15, -0.1) is 11.3 Å². The van der Waals surface area contributed by atoms with Gasteiger partial charge in [0.15, 0.2) is 6.29 Å². The number of carbonyl (C=O) groups excluding carboxylic acids is 1. The van der Waals surface area contributed by atoms with Crippen LogP contribution in [0, 0.1) is 0 Å². The number of hydrogen-bond acceptors (Lipinski definition) is 2. The fourth-order valence-electron chi connectivity index (χ4n) is 1.11. The van der Waals surface area contributed by atoms with E-state index >= 15 is 0 Å². The Balaban J connectivity index is 2.82. The average molecular weight is 197 g/mol. The molecule has 0 bridgehead atoms. The highest BCUT2D eigenvalue weighted by molar-refractivity contribution is 7.21. The molecule has 0 aliphatic heterocycles. The van der Waals surface area contributed by atoms with Crippen LogP contribution >= 0.6 is 22.9 Å². The van der Waals surface area contributed by atoms with E-state index in [0.29, 0.717) is 5.02 Å². The summed E-state index contributed by atoms with van der Waals surface area (Å²) in [6.45, 7) is 0. The lowest BCUT2D eigenvalue weighted by molar-refractivity contribution is 0.112. The van der Waals surface area contributed by atoms with Crippen molar-refractivity contribution in [1.29, 1.82) is 0 Å². The maximum Gasteiger partial charge on any atom is 0.160 e. The average Bonchev–Trinajstić information content (AvgIpc) is 2.49. The first-order valence-corrected chi connectivity index (χ1v) is 4.64. The number of carbonyl (C=O) groups is 1. The number of hydrogen-bond donors (Lipinski definition) is 0. The third kappa shape index (κ3) is 1.13. The Labute approximate surface area is 78.6 Å². The molecule has 1 aromatic carbocycles. The van der Waals surface area contributed by atoms with Crippen LogP contribution in [0.4, 0.5) is 0 Å². The molecule has 0 radical (unpaired) electrons. The van der Waals surface area contributed by atoms with Gasteiger partial charge in [0.05, 0.1) is 14.6 Å². The molecule has 2 rings (SSSR count). The SMILES string of the molecule is O=Cc1cc2cccc(Cl)c2s1. The van der Waals surface area contributed by atoms with Gasteiger partial charge >= 0.3 is 0 Å². The first kappa shape index (κ1) is 7.77. The van der Waals surface area contributed by atoms with Gasteiger partial charge < -0.3 is 0 Å². The largest absolute Gasteiger partial charge is 0.297 e. The van der Waals surface area contributed by atoms with E-state index in [2.05, 4.69) is 0 Å². The minimum absolute atomic E-state index is 0.714. The number of benzene rings is 1. The fourth-order valence-corrected chi connectivity index (χ4v) is 2.28. The van der Waals surface area contributed by atoms with Crippen LogP contribution < -0.4 is 0 Å². The van der Waals surface area contributed by atoms with Crippen molar-refractivity contribution in [3.63, 3.8) is 0 Å². The van der Waals surface area contributed by atoms with Crippen molar-refractivity contribution in [2.45, 2.75) is 0 Å². The molecule has 0 fully saturated rings. The Bertz CT molecular complexity index is 433. The Morgan fingerprint density at radius 3 is 2.92 bits per heavy atom. The van der Waals surface area contributed by atoms with Crippen molar-refractivity contribution in [2.75, 3.05) is 0 Å². The van der Waals surface area contributed by atoms with E-state index in [1.807, 2.05) is 24.3 Å². The van der Waals surface area contributed by atoms with Crippen molar-refractivity contribution in [3.8, 4) is 0 Å². The minimum atomic E-state index is 0.714. The number of thiophene rings is 1. The van der Waals surface area contributed by atoms with E-state index in [1.165, 1.54) is 11.3 Å². The molecule has 60 valence electrons. The Morgan fingerprint density at radius 2 is 2.25 bits per heavy atom. The fraction of sp³-hybridized carbons (Fsp3) is 0. The molecule has 0 amide bonds. The minimum Gasteiger partial charge on any atom is -0.297 e. The zero-order valence-corrected chi connectivity index (χ0v) is 7.65. The van der Waals surface area contributed by atoms with E-state index in [4.69, 9.17) is 11.6 Å². The maximum absolute atomic E-state index is 10.5. The predicted molar refractivity (Wildman–Crippen MR) is 52.2 cm³/mol. The third-order valence-corrected chi connectivity index (χ3v) is 3.17. The van der Waals surface area contributed by atoms with Crippen molar-refractivity contribution in [3.05, 3.63) is 34.2 Å². The van der Waals surface area contributed by atoms with Gasteiger partial charge in [0.25, 0.3) is 0 Å². The van der Waals surface area contributed by atoms with Crippen LogP contribution in [0.5, 0.6) is 0 Å². The first-order chi connectivity index (χ1) is 5.81. The highest BCUT2D eigenvalue weighted by atomic mass is 35.5. The van der Waals surface area contributed by atoms with E-state index in [9.17, 15) is 4.79 Å². The summed E-state index contributed by atoms with van der Waals surface area (Å²) in [7, 11) is 0. The number of rotatable bonds is 1. The van der Waals surface area contributed by atoms with E-state index < -0.39 is 0 Å². The molecule has 0 saturated carbocycles. The molecule has 2 aromatic rings. The molecule has 1 heterocycles. The summed E-state index contributed by atoms with van der Waals surface area (Å²) in [6, 6.07) is 7.50. The molecule has 0 unspecified atom stereocenters. The molecule has 0 saturated heterocycles. The highest BCUT2D eigenvalue weighted by Crippen LogP contribution is 2.30. The zero-order valence-electron chi connectivity index (χ0n) is 6.08. The molecule has 0 aliphatic rings. The van der Waals surface area contributed by atoms with Gasteiger partial charge in [0.2, 0.25) is 0 Å². The number of halogens is 1. The van der Waals surface area contributed by atoms with E-state index in [0.717, 1.165) is 21.2 Å². The lowest BCUT2D eigenvalue weighted by Gasteiger charge is -1.89. The standard InChI is InChI=1S/C9H5ClOS/c10-8-3-1-2-6-4-7(5-11)12-9(6)8/h1-5H. The molecule has 1 nitrogen and oxygen atoms in total. The number of aldehydes is 1. The second-order valence-corrected chi connectivity index (χ2v) is 3.92. The molecule has 3 heteroatoms. The Morgan fingerprint density at radius 1 is 1.42 bits per heavy atom. The molecule has 0 atom stereocenters. The summed E-state index contributed by atoms with van der Waals surface area (Å²) < 4.78 is 0.987. The third-order valence-electron chi connectivity index (χ3n) is 1.63. The first-order valence-electron chi connectivity index (χ1n) is 3.44.